The fourth-order valence-corrected chi connectivity index (χ4v) is 3.92. The van der Waals surface area contributed by atoms with Gasteiger partial charge in [0, 0.05) is 25.5 Å². The fourth-order valence-electron chi connectivity index (χ4n) is 3.29. The Labute approximate surface area is 163 Å². The SMILES string of the molecule is CN1CCN(C(=O)c2ccsc2)C1=NC(c1ccccc1)c1ccccc1. The third-order valence-corrected chi connectivity index (χ3v) is 5.41. The molecule has 0 saturated carbocycles. The van der Waals surface area contributed by atoms with Crippen LogP contribution in [0.25, 0.3) is 0 Å². The van der Waals surface area contributed by atoms with Crippen LogP contribution in [0.2, 0.25) is 0 Å². The van der Waals surface area contributed by atoms with E-state index in [0.717, 1.165) is 29.2 Å². The number of rotatable bonds is 4. The van der Waals surface area contributed by atoms with Gasteiger partial charge in [0.25, 0.3) is 5.91 Å². The van der Waals surface area contributed by atoms with Gasteiger partial charge in [-0.05, 0) is 22.6 Å². The van der Waals surface area contributed by atoms with Gasteiger partial charge in [0.15, 0.2) is 0 Å². The summed E-state index contributed by atoms with van der Waals surface area (Å²) < 4.78 is 0. The van der Waals surface area contributed by atoms with Crippen LogP contribution in [0.15, 0.2) is 82.5 Å². The van der Waals surface area contributed by atoms with Gasteiger partial charge < -0.3 is 4.90 Å². The van der Waals surface area contributed by atoms with Crippen molar-refractivity contribution in [1.82, 2.24) is 9.80 Å². The van der Waals surface area contributed by atoms with E-state index >= 15 is 0 Å². The van der Waals surface area contributed by atoms with E-state index in [2.05, 4.69) is 29.2 Å². The molecule has 1 fully saturated rings. The van der Waals surface area contributed by atoms with Gasteiger partial charge in [-0.2, -0.15) is 11.3 Å². The molecule has 1 aromatic heterocycles. The monoisotopic (exact) mass is 375 g/mol. The highest BCUT2D eigenvalue weighted by Crippen LogP contribution is 2.28. The third kappa shape index (κ3) is 3.64. The zero-order valence-electron chi connectivity index (χ0n) is 15.2. The van der Waals surface area contributed by atoms with Crippen molar-refractivity contribution in [2.75, 3.05) is 20.1 Å². The zero-order chi connectivity index (χ0) is 18.6. The molecular formula is C22H21N3OS. The molecular weight excluding hydrogens is 354 g/mol. The highest BCUT2D eigenvalue weighted by Gasteiger charge is 2.31. The molecule has 0 bridgehead atoms. The fraction of sp³-hybridized carbons (Fsp3) is 0.182. The molecule has 0 unspecified atom stereocenters. The minimum Gasteiger partial charge on any atom is -0.344 e. The van der Waals surface area contributed by atoms with Crippen LogP contribution < -0.4 is 0 Å². The van der Waals surface area contributed by atoms with Crippen LogP contribution in [0, 0.1) is 0 Å². The Bertz CT molecular complexity index is 883. The maximum absolute atomic E-state index is 12.9. The highest BCUT2D eigenvalue weighted by atomic mass is 32.1. The Kier molecular flexibility index (Phi) is 5.03. The Hall–Kier alpha value is -2.92. The highest BCUT2D eigenvalue weighted by molar-refractivity contribution is 7.08. The van der Waals surface area contributed by atoms with Crippen molar-refractivity contribution in [3.05, 3.63) is 94.2 Å². The summed E-state index contributed by atoms with van der Waals surface area (Å²) in [6.45, 7) is 1.44. The van der Waals surface area contributed by atoms with Crippen molar-refractivity contribution >= 4 is 23.2 Å². The molecule has 5 heteroatoms. The standard InChI is InChI=1S/C22H21N3OS/c1-24-13-14-25(21(26)19-12-15-27-16-19)22(24)23-20(17-8-4-2-5-9-17)18-10-6-3-7-11-18/h2-12,15-16,20H,13-14H2,1H3. The normalized spacial score (nSPS) is 15.7. The second-order valence-corrected chi connectivity index (χ2v) is 7.32. The molecule has 136 valence electrons. The van der Waals surface area contributed by atoms with Crippen molar-refractivity contribution in [2.45, 2.75) is 6.04 Å². The minimum absolute atomic E-state index is 0.0132. The summed E-state index contributed by atoms with van der Waals surface area (Å²) in [6, 6.07) is 22.2. The summed E-state index contributed by atoms with van der Waals surface area (Å²) in [6.07, 6.45) is 0. The average molecular weight is 375 g/mol. The number of likely N-dealkylation sites (N-methyl/N-ethyl adjacent to an activating group) is 1. The zero-order valence-corrected chi connectivity index (χ0v) is 16.0. The Morgan fingerprint density at radius 3 is 2.15 bits per heavy atom. The number of carbonyl (C=O) groups is 1. The maximum atomic E-state index is 12.9. The van der Waals surface area contributed by atoms with Crippen molar-refractivity contribution in [3.8, 4) is 0 Å². The number of guanidine groups is 1. The van der Waals surface area contributed by atoms with Crippen molar-refractivity contribution < 1.29 is 4.79 Å². The van der Waals surface area contributed by atoms with Crippen molar-refractivity contribution in [1.29, 1.82) is 0 Å². The number of hydrogen-bond acceptors (Lipinski definition) is 3. The number of thiophene rings is 1. The molecule has 0 N–H and O–H groups in total. The van der Waals surface area contributed by atoms with Crippen LogP contribution in [0.5, 0.6) is 0 Å². The lowest BCUT2D eigenvalue weighted by Gasteiger charge is -2.22. The molecule has 1 aliphatic heterocycles. The predicted octanol–water partition coefficient (Wildman–Crippen LogP) is 4.28. The lowest BCUT2D eigenvalue weighted by molar-refractivity contribution is 0.0858. The number of aliphatic imine (C=N–C) groups is 1. The van der Waals surface area contributed by atoms with E-state index in [1.165, 1.54) is 11.3 Å². The van der Waals surface area contributed by atoms with Crippen molar-refractivity contribution in [3.63, 3.8) is 0 Å². The number of benzene rings is 2. The molecule has 1 aliphatic rings. The largest absolute Gasteiger partial charge is 0.344 e. The van der Waals surface area contributed by atoms with Crippen LogP contribution in [0.4, 0.5) is 0 Å². The first-order chi connectivity index (χ1) is 13.2. The second kappa shape index (κ2) is 7.76. The predicted molar refractivity (Wildman–Crippen MR) is 110 cm³/mol. The van der Waals surface area contributed by atoms with Gasteiger partial charge >= 0.3 is 0 Å². The molecule has 1 amide bonds. The number of carbonyl (C=O) groups excluding carboxylic acids is 1. The van der Waals surface area contributed by atoms with Gasteiger partial charge in [-0.3, -0.25) is 9.69 Å². The molecule has 4 nitrogen and oxygen atoms in total. The van der Waals surface area contributed by atoms with Crippen LogP contribution in [-0.4, -0.2) is 41.8 Å². The van der Waals surface area contributed by atoms with Gasteiger partial charge in [-0.25, -0.2) is 4.99 Å². The van der Waals surface area contributed by atoms with E-state index in [-0.39, 0.29) is 11.9 Å². The summed E-state index contributed by atoms with van der Waals surface area (Å²) in [5.74, 6) is 0.739. The second-order valence-electron chi connectivity index (χ2n) is 6.54. The molecule has 2 aromatic carbocycles. The van der Waals surface area contributed by atoms with Gasteiger partial charge in [-0.15, -0.1) is 0 Å². The summed E-state index contributed by atoms with van der Waals surface area (Å²) in [4.78, 5) is 21.9. The molecule has 1 saturated heterocycles. The van der Waals surface area contributed by atoms with Gasteiger partial charge in [0.05, 0.1) is 5.56 Å². The molecule has 0 spiro atoms. The van der Waals surface area contributed by atoms with Gasteiger partial charge in [0.2, 0.25) is 5.96 Å². The van der Waals surface area contributed by atoms with Crippen LogP contribution in [-0.2, 0) is 0 Å². The molecule has 0 radical (unpaired) electrons. The first kappa shape index (κ1) is 17.5. The Balaban J connectivity index is 1.75. The topological polar surface area (TPSA) is 35.9 Å². The van der Waals surface area contributed by atoms with E-state index in [0.29, 0.717) is 6.54 Å². The number of amides is 1. The smallest absolute Gasteiger partial charge is 0.261 e. The lowest BCUT2D eigenvalue weighted by atomic mass is 9.99. The first-order valence-electron chi connectivity index (χ1n) is 8.97. The van der Waals surface area contributed by atoms with Gasteiger partial charge in [-0.1, -0.05) is 60.7 Å². The Morgan fingerprint density at radius 1 is 0.963 bits per heavy atom. The summed E-state index contributed by atoms with van der Waals surface area (Å²) >= 11 is 1.54. The third-order valence-electron chi connectivity index (χ3n) is 4.73. The summed E-state index contributed by atoms with van der Waals surface area (Å²) in [5, 5.41) is 3.82. The van der Waals surface area contributed by atoms with E-state index in [1.807, 2.05) is 60.3 Å². The van der Waals surface area contributed by atoms with E-state index in [9.17, 15) is 4.79 Å². The maximum Gasteiger partial charge on any atom is 0.261 e. The molecule has 0 atom stereocenters. The summed E-state index contributed by atoms with van der Waals surface area (Å²) in [5.41, 5.74) is 2.94. The number of hydrogen-bond donors (Lipinski definition) is 0. The quantitative estimate of drug-likeness (QED) is 0.682. The molecule has 0 aliphatic carbocycles. The average Bonchev–Trinajstić information content (AvgIpc) is 3.37. The van der Waals surface area contributed by atoms with E-state index in [4.69, 9.17) is 4.99 Å². The first-order valence-corrected chi connectivity index (χ1v) is 9.91. The molecule has 4 rings (SSSR count). The van der Waals surface area contributed by atoms with Crippen LogP contribution in [0.3, 0.4) is 0 Å². The molecule has 27 heavy (non-hydrogen) atoms. The Morgan fingerprint density at radius 2 is 1.59 bits per heavy atom. The lowest BCUT2D eigenvalue weighted by Crippen LogP contribution is -2.36. The molecule has 2 heterocycles. The van der Waals surface area contributed by atoms with E-state index in [1.54, 1.807) is 4.90 Å². The van der Waals surface area contributed by atoms with E-state index < -0.39 is 0 Å². The van der Waals surface area contributed by atoms with Crippen molar-refractivity contribution in [2.24, 2.45) is 4.99 Å². The van der Waals surface area contributed by atoms with Crippen LogP contribution in [0.1, 0.15) is 27.5 Å². The van der Waals surface area contributed by atoms with Gasteiger partial charge in [0.1, 0.15) is 6.04 Å². The molecule has 3 aromatic rings. The summed E-state index contributed by atoms with van der Waals surface area (Å²) in [7, 11) is 1.99. The van der Waals surface area contributed by atoms with Crippen LogP contribution >= 0.6 is 11.3 Å². The number of nitrogens with zero attached hydrogens (tertiary/aromatic N) is 3. The minimum atomic E-state index is -0.152.